The van der Waals surface area contributed by atoms with Crippen LogP contribution in [0.5, 0.6) is 11.5 Å². The molecule has 2 aromatic carbocycles. The Balaban J connectivity index is 2.17. The van der Waals surface area contributed by atoms with Crippen molar-refractivity contribution < 1.29 is 4.74 Å². The minimum Gasteiger partial charge on any atom is -0.457 e. The highest BCUT2D eigenvalue weighted by Gasteiger charge is 2.01. The van der Waals surface area contributed by atoms with Crippen LogP contribution in [0, 0.1) is 6.92 Å². The lowest BCUT2D eigenvalue weighted by atomic mass is 10.2. The van der Waals surface area contributed by atoms with Crippen molar-refractivity contribution in [2.45, 2.75) is 6.92 Å². The fourth-order valence-electron chi connectivity index (χ4n) is 1.61. The quantitative estimate of drug-likeness (QED) is 0.789. The number of benzene rings is 2. The van der Waals surface area contributed by atoms with Crippen molar-refractivity contribution >= 4 is 5.69 Å². The fourth-order valence-corrected chi connectivity index (χ4v) is 1.61. The standard InChI is InChI=1S/C15H17NO/c1-12-6-4-5-7-15(12)17-14-10-8-13(9-11-14)16(2)3/h4-11H,1-3H3. The van der Waals surface area contributed by atoms with E-state index in [2.05, 4.69) is 4.90 Å². The Labute approximate surface area is 102 Å². The zero-order valence-electron chi connectivity index (χ0n) is 10.5. The van der Waals surface area contributed by atoms with Gasteiger partial charge in [-0.3, -0.25) is 0 Å². The fraction of sp³-hybridized carbons (Fsp3) is 0.200. The normalized spacial score (nSPS) is 10.1. The largest absolute Gasteiger partial charge is 0.457 e. The van der Waals surface area contributed by atoms with Gasteiger partial charge in [0.05, 0.1) is 0 Å². The molecular weight excluding hydrogens is 210 g/mol. The molecule has 0 N–H and O–H groups in total. The summed E-state index contributed by atoms with van der Waals surface area (Å²) in [4.78, 5) is 2.07. The molecule has 0 atom stereocenters. The second-order valence-electron chi connectivity index (χ2n) is 4.26. The van der Waals surface area contributed by atoms with Crippen LogP contribution in [0.1, 0.15) is 5.56 Å². The average Bonchev–Trinajstić information content (AvgIpc) is 2.33. The van der Waals surface area contributed by atoms with Crippen LogP contribution in [0.3, 0.4) is 0 Å². The van der Waals surface area contributed by atoms with Gasteiger partial charge in [-0.2, -0.15) is 0 Å². The van der Waals surface area contributed by atoms with Gasteiger partial charge >= 0.3 is 0 Å². The van der Waals surface area contributed by atoms with Crippen molar-refractivity contribution in [3.8, 4) is 11.5 Å². The van der Waals surface area contributed by atoms with E-state index in [4.69, 9.17) is 4.74 Å². The third kappa shape index (κ3) is 2.78. The predicted octanol–water partition coefficient (Wildman–Crippen LogP) is 3.85. The number of ether oxygens (including phenoxy) is 1. The topological polar surface area (TPSA) is 12.5 Å². The highest BCUT2D eigenvalue weighted by molar-refractivity contribution is 5.48. The lowest BCUT2D eigenvalue weighted by Gasteiger charge is -2.13. The molecule has 0 aliphatic carbocycles. The second-order valence-corrected chi connectivity index (χ2v) is 4.26. The van der Waals surface area contributed by atoms with Crippen molar-refractivity contribution in [1.82, 2.24) is 0 Å². The summed E-state index contributed by atoms with van der Waals surface area (Å²) in [6.07, 6.45) is 0. The van der Waals surface area contributed by atoms with Crippen molar-refractivity contribution in [2.24, 2.45) is 0 Å². The SMILES string of the molecule is Cc1ccccc1Oc1ccc(N(C)C)cc1. The van der Waals surface area contributed by atoms with E-state index >= 15 is 0 Å². The van der Waals surface area contributed by atoms with Crippen molar-refractivity contribution in [3.63, 3.8) is 0 Å². The molecule has 0 bridgehead atoms. The Morgan fingerprint density at radius 2 is 1.53 bits per heavy atom. The molecule has 0 amide bonds. The van der Waals surface area contributed by atoms with Gasteiger partial charge in [0.1, 0.15) is 11.5 Å². The third-order valence-electron chi connectivity index (χ3n) is 2.67. The molecule has 17 heavy (non-hydrogen) atoms. The summed E-state index contributed by atoms with van der Waals surface area (Å²) in [5.41, 5.74) is 2.31. The summed E-state index contributed by atoms with van der Waals surface area (Å²) < 4.78 is 5.83. The molecule has 2 nitrogen and oxygen atoms in total. The smallest absolute Gasteiger partial charge is 0.130 e. The van der Waals surface area contributed by atoms with Gasteiger partial charge in [-0.1, -0.05) is 18.2 Å². The minimum absolute atomic E-state index is 0.866. The van der Waals surface area contributed by atoms with E-state index in [1.165, 1.54) is 5.69 Å². The van der Waals surface area contributed by atoms with Gasteiger partial charge in [-0.15, -0.1) is 0 Å². The maximum absolute atomic E-state index is 5.83. The lowest BCUT2D eigenvalue weighted by molar-refractivity contribution is 0.479. The molecule has 0 heterocycles. The van der Waals surface area contributed by atoms with Crippen LogP contribution >= 0.6 is 0 Å². The van der Waals surface area contributed by atoms with Crippen molar-refractivity contribution in [1.29, 1.82) is 0 Å². The lowest BCUT2D eigenvalue weighted by Crippen LogP contribution is -2.07. The average molecular weight is 227 g/mol. The van der Waals surface area contributed by atoms with Crippen LogP contribution in [-0.4, -0.2) is 14.1 Å². The van der Waals surface area contributed by atoms with E-state index in [1.807, 2.05) is 69.6 Å². The molecule has 0 unspecified atom stereocenters. The molecule has 88 valence electrons. The summed E-state index contributed by atoms with van der Waals surface area (Å²) in [6, 6.07) is 16.1. The van der Waals surface area contributed by atoms with Crippen LogP contribution in [0.25, 0.3) is 0 Å². The first-order valence-corrected chi connectivity index (χ1v) is 5.67. The van der Waals surface area contributed by atoms with Crippen LogP contribution < -0.4 is 9.64 Å². The predicted molar refractivity (Wildman–Crippen MR) is 72.0 cm³/mol. The Morgan fingerprint density at radius 1 is 0.882 bits per heavy atom. The molecule has 0 radical (unpaired) electrons. The summed E-state index contributed by atoms with van der Waals surface area (Å²) in [5.74, 6) is 1.77. The number of para-hydroxylation sites is 1. The second kappa shape index (κ2) is 4.91. The molecule has 0 aliphatic heterocycles. The minimum atomic E-state index is 0.866. The Bertz CT molecular complexity index is 489. The van der Waals surface area contributed by atoms with Gasteiger partial charge in [0.25, 0.3) is 0 Å². The molecule has 0 spiro atoms. The monoisotopic (exact) mass is 227 g/mol. The Morgan fingerprint density at radius 3 is 2.12 bits per heavy atom. The van der Waals surface area contributed by atoms with Gasteiger partial charge < -0.3 is 9.64 Å². The molecule has 0 fully saturated rings. The van der Waals surface area contributed by atoms with Gasteiger partial charge in [-0.25, -0.2) is 0 Å². The summed E-state index contributed by atoms with van der Waals surface area (Å²) in [6.45, 7) is 2.05. The van der Waals surface area contributed by atoms with Gasteiger partial charge in [0.2, 0.25) is 0 Å². The van der Waals surface area contributed by atoms with E-state index < -0.39 is 0 Å². The zero-order chi connectivity index (χ0) is 12.3. The van der Waals surface area contributed by atoms with E-state index in [0.29, 0.717) is 0 Å². The molecule has 2 rings (SSSR count). The molecule has 2 heteroatoms. The summed E-state index contributed by atoms with van der Waals surface area (Å²) >= 11 is 0. The van der Waals surface area contributed by atoms with E-state index in [9.17, 15) is 0 Å². The molecular formula is C15H17NO. The van der Waals surface area contributed by atoms with Gasteiger partial charge in [0.15, 0.2) is 0 Å². The molecule has 0 saturated heterocycles. The number of anilines is 1. The highest BCUT2D eigenvalue weighted by atomic mass is 16.5. The highest BCUT2D eigenvalue weighted by Crippen LogP contribution is 2.26. The van der Waals surface area contributed by atoms with E-state index in [0.717, 1.165) is 17.1 Å². The maximum atomic E-state index is 5.83. The van der Waals surface area contributed by atoms with Crippen LogP contribution in [0.15, 0.2) is 48.5 Å². The molecule has 0 saturated carbocycles. The number of hydrogen-bond donors (Lipinski definition) is 0. The number of nitrogens with zero attached hydrogens (tertiary/aromatic N) is 1. The number of hydrogen-bond acceptors (Lipinski definition) is 2. The summed E-state index contributed by atoms with van der Waals surface area (Å²) in [7, 11) is 4.05. The number of rotatable bonds is 3. The van der Waals surface area contributed by atoms with E-state index in [1.54, 1.807) is 0 Å². The Hall–Kier alpha value is -1.96. The van der Waals surface area contributed by atoms with Crippen LogP contribution in [-0.2, 0) is 0 Å². The molecule has 0 aromatic heterocycles. The van der Waals surface area contributed by atoms with E-state index in [-0.39, 0.29) is 0 Å². The van der Waals surface area contributed by atoms with Gasteiger partial charge in [-0.05, 0) is 42.8 Å². The third-order valence-corrected chi connectivity index (χ3v) is 2.67. The summed E-state index contributed by atoms with van der Waals surface area (Å²) in [5, 5.41) is 0. The van der Waals surface area contributed by atoms with Crippen LogP contribution in [0.4, 0.5) is 5.69 Å². The molecule has 0 aliphatic rings. The first-order chi connectivity index (χ1) is 8.16. The molecule has 2 aromatic rings. The van der Waals surface area contributed by atoms with Crippen molar-refractivity contribution in [2.75, 3.05) is 19.0 Å². The zero-order valence-corrected chi connectivity index (χ0v) is 10.5. The number of aryl methyl sites for hydroxylation is 1. The van der Waals surface area contributed by atoms with Crippen molar-refractivity contribution in [3.05, 3.63) is 54.1 Å². The Kier molecular flexibility index (Phi) is 3.33. The first-order valence-electron chi connectivity index (χ1n) is 5.67. The van der Waals surface area contributed by atoms with Crippen LogP contribution in [0.2, 0.25) is 0 Å². The first kappa shape index (κ1) is 11.5. The van der Waals surface area contributed by atoms with Gasteiger partial charge in [0, 0.05) is 19.8 Å². The maximum Gasteiger partial charge on any atom is 0.130 e.